The average Bonchev–Trinajstić information content (AvgIpc) is 2.48. The van der Waals surface area contributed by atoms with Crippen LogP contribution in [0.5, 0.6) is 11.5 Å². The van der Waals surface area contributed by atoms with Gasteiger partial charge in [0, 0.05) is 12.6 Å². The topological polar surface area (TPSA) is 64.3 Å². The van der Waals surface area contributed by atoms with E-state index in [2.05, 4.69) is 19.2 Å². The highest BCUT2D eigenvalue weighted by atomic mass is 16.5. The van der Waals surface area contributed by atoms with Crippen molar-refractivity contribution in [2.75, 3.05) is 12.8 Å². The summed E-state index contributed by atoms with van der Waals surface area (Å²) in [6.07, 6.45) is 0. The standard InChI is InChI=1S/C17H20N2O2/c1-11(2)13-6-4-5-7-15(13)21-16-9-8-12(10-14(16)18)17(20)19-3/h4-11H,18H2,1-3H3,(H,19,20). The molecule has 4 heteroatoms. The van der Waals surface area contributed by atoms with Crippen LogP contribution in [0.15, 0.2) is 42.5 Å². The van der Waals surface area contributed by atoms with E-state index >= 15 is 0 Å². The number of nitrogens with two attached hydrogens (primary N) is 1. The lowest BCUT2D eigenvalue weighted by molar-refractivity contribution is 0.0963. The van der Waals surface area contributed by atoms with Crippen molar-refractivity contribution in [1.29, 1.82) is 0 Å². The number of nitrogens with one attached hydrogen (secondary N) is 1. The molecule has 0 aromatic heterocycles. The first-order valence-corrected chi connectivity index (χ1v) is 6.91. The van der Waals surface area contributed by atoms with Gasteiger partial charge in [-0.15, -0.1) is 0 Å². The van der Waals surface area contributed by atoms with Crippen LogP contribution >= 0.6 is 0 Å². The van der Waals surface area contributed by atoms with Crippen LogP contribution < -0.4 is 15.8 Å². The van der Waals surface area contributed by atoms with Gasteiger partial charge in [-0.2, -0.15) is 0 Å². The summed E-state index contributed by atoms with van der Waals surface area (Å²) in [4.78, 5) is 11.6. The molecule has 2 rings (SSSR count). The van der Waals surface area contributed by atoms with Crippen molar-refractivity contribution < 1.29 is 9.53 Å². The number of carbonyl (C=O) groups is 1. The van der Waals surface area contributed by atoms with Gasteiger partial charge in [-0.05, 0) is 35.7 Å². The second-order valence-corrected chi connectivity index (χ2v) is 5.13. The van der Waals surface area contributed by atoms with E-state index in [1.54, 1.807) is 25.2 Å². The SMILES string of the molecule is CNC(=O)c1ccc(Oc2ccccc2C(C)C)c(N)c1. The zero-order valence-electron chi connectivity index (χ0n) is 12.5. The fourth-order valence-electron chi connectivity index (χ4n) is 2.10. The van der Waals surface area contributed by atoms with E-state index in [9.17, 15) is 4.79 Å². The van der Waals surface area contributed by atoms with Crippen LogP contribution in [-0.4, -0.2) is 13.0 Å². The predicted octanol–water partition coefficient (Wildman–Crippen LogP) is 3.54. The fourth-order valence-corrected chi connectivity index (χ4v) is 2.10. The number of hydrogen-bond donors (Lipinski definition) is 2. The molecule has 0 heterocycles. The second kappa shape index (κ2) is 6.31. The molecule has 3 N–H and O–H groups in total. The zero-order valence-corrected chi connectivity index (χ0v) is 12.5. The van der Waals surface area contributed by atoms with Crippen molar-refractivity contribution in [3.8, 4) is 11.5 Å². The van der Waals surface area contributed by atoms with Crippen molar-refractivity contribution in [2.45, 2.75) is 19.8 Å². The lowest BCUT2D eigenvalue weighted by Gasteiger charge is -2.15. The lowest BCUT2D eigenvalue weighted by atomic mass is 10.0. The summed E-state index contributed by atoms with van der Waals surface area (Å²) in [6.45, 7) is 4.22. The predicted molar refractivity (Wildman–Crippen MR) is 84.8 cm³/mol. The third kappa shape index (κ3) is 3.34. The molecule has 0 saturated carbocycles. The number of rotatable bonds is 4. The summed E-state index contributed by atoms with van der Waals surface area (Å²) >= 11 is 0. The van der Waals surface area contributed by atoms with Gasteiger partial charge in [-0.3, -0.25) is 4.79 Å². The van der Waals surface area contributed by atoms with Crippen LogP contribution in [0.3, 0.4) is 0 Å². The molecule has 0 radical (unpaired) electrons. The molecule has 0 saturated heterocycles. The van der Waals surface area contributed by atoms with Crippen LogP contribution in [0.25, 0.3) is 0 Å². The van der Waals surface area contributed by atoms with Gasteiger partial charge in [0.05, 0.1) is 5.69 Å². The molecular weight excluding hydrogens is 264 g/mol. The molecule has 2 aromatic carbocycles. The van der Waals surface area contributed by atoms with Crippen molar-refractivity contribution in [3.05, 3.63) is 53.6 Å². The van der Waals surface area contributed by atoms with Gasteiger partial charge >= 0.3 is 0 Å². The summed E-state index contributed by atoms with van der Waals surface area (Å²) in [5.41, 5.74) is 8.05. The molecule has 0 aliphatic heterocycles. The molecule has 110 valence electrons. The number of hydrogen-bond acceptors (Lipinski definition) is 3. The molecule has 4 nitrogen and oxygen atoms in total. The number of nitrogen functional groups attached to an aromatic ring is 1. The monoisotopic (exact) mass is 284 g/mol. The maximum atomic E-state index is 11.6. The maximum absolute atomic E-state index is 11.6. The van der Waals surface area contributed by atoms with Gasteiger partial charge in [0.1, 0.15) is 11.5 Å². The third-order valence-electron chi connectivity index (χ3n) is 3.26. The first-order chi connectivity index (χ1) is 10.0. The van der Waals surface area contributed by atoms with Crippen molar-refractivity contribution in [1.82, 2.24) is 5.32 Å². The molecule has 0 atom stereocenters. The molecule has 1 amide bonds. The van der Waals surface area contributed by atoms with E-state index in [1.807, 2.05) is 24.3 Å². The van der Waals surface area contributed by atoms with E-state index in [0.29, 0.717) is 22.9 Å². The minimum Gasteiger partial charge on any atom is -0.455 e. The Labute approximate surface area is 124 Å². The molecule has 0 spiro atoms. The van der Waals surface area contributed by atoms with Gasteiger partial charge in [-0.25, -0.2) is 0 Å². The van der Waals surface area contributed by atoms with Crippen LogP contribution in [0.2, 0.25) is 0 Å². The van der Waals surface area contributed by atoms with Crippen molar-refractivity contribution in [2.24, 2.45) is 0 Å². The molecule has 2 aromatic rings. The maximum Gasteiger partial charge on any atom is 0.251 e. The van der Waals surface area contributed by atoms with Crippen molar-refractivity contribution in [3.63, 3.8) is 0 Å². The molecular formula is C17H20N2O2. The highest BCUT2D eigenvalue weighted by Crippen LogP contribution is 2.33. The molecule has 0 bridgehead atoms. The summed E-state index contributed by atoms with van der Waals surface area (Å²) in [5, 5.41) is 2.57. The van der Waals surface area contributed by atoms with Crippen LogP contribution in [0, 0.1) is 0 Å². The lowest BCUT2D eigenvalue weighted by Crippen LogP contribution is -2.17. The first kappa shape index (κ1) is 14.9. The zero-order chi connectivity index (χ0) is 15.4. The Morgan fingerprint density at radius 3 is 2.48 bits per heavy atom. The number of amides is 1. The summed E-state index contributed by atoms with van der Waals surface area (Å²) in [6, 6.07) is 12.9. The number of ether oxygens (including phenoxy) is 1. The molecule has 0 unspecified atom stereocenters. The number of anilines is 1. The highest BCUT2D eigenvalue weighted by molar-refractivity contribution is 5.95. The Bertz CT molecular complexity index is 651. The fraction of sp³-hybridized carbons (Fsp3) is 0.235. The summed E-state index contributed by atoms with van der Waals surface area (Å²) in [7, 11) is 1.59. The Kier molecular flexibility index (Phi) is 4.48. The van der Waals surface area contributed by atoms with E-state index in [4.69, 9.17) is 10.5 Å². The number of para-hydroxylation sites is 1. The minimum absolute atomic E-state index is 0.171. The quantitative estimate of drug-likeness (QED) is 0.844. The van der Waals surface area contributed by atoms with E-state index in [-0.39, 0.29) is 5.91 Å². The van der Waals surface area contributed by atoms with E-state index in [1.165, 1.54) is 0 Å². The Morgan fingerprint density at radius 1 is 1.14 bits per heavy atom. The van der Waals surface area contributed by atoms with Gasteiger partial charge < -0.3 is 15.8 Å². The molecule has 21 heavy (non-hydrogen) atoms. The Morgan fingerprint density at radius 2 is 1.86 bits per heavy atom. The molecule has 0 aliphatic rings. The normalized spacial score (nSPS) is 10.5. The Hall–Kier alpha value is -2.49. The molecule has 0 aliphatic carbocycles. The first-order valence-electron chi connectivity index (χ1n) is 6.91. The molecule has 0 fully saturated rings. The van der Waals surface area contributed by atoms with Crippen molar-refractivity contribution >= 4 is 11.6 Å². The average molecular weight is 284 g/mol. The van der Waals surface area contributed by atoms with Gasteiger partial charge in [0.25, 0.3) is 5.91 Å². The largest absolute Gasteiger partial charge is 0.455 e. The highest BCUT2D eigenvalue weighted by Gasteiger charge is 2.11. The van der Waals surface area contributed by atoms with E-state index < -0.39 is 0 Å². The van der Waals surface area contributed by atoms with Crippen LogP contribution in [0.1, 0.15) is 35.7 Å². The van der Waals surface area contributed by atoms with Gasteiger partial charge in [-0.1, -0.05) is 32.0 Å². The Balaban J connectivity index is 2.31. The number of benzene rings is 2. The summed E-state index contributed by atoms with van der Waals surface area (Å²) in [5.74, 6) is 1.52. The third-order valence-corrected chi connectivity index (χ3v) is 3.26. The smallest absolute Gasteiger partial charge is 0.251 e. The van der Waals surface area contributed by atoms with Gasteiger partial charge in [0.15, 0.2) is 0 Å². The van der Waals surface area contributed by atoms with E-state index in [0.717, 1.165) is 11.3 Å². The number of carbonyl (C=O) groups excluding carboxylic acids is 1. The second-order valence-electron chi connectivity index (χ2n) is 5.13. The van der Waals surface area contributed by atoms with Crippen LogP contribution in [0.4, 0.5) is 5.69 Å². The van der Waals surface area contributed by atoms with Crippen LogP contribution in [-0.2, 0) is 0 Å². The summed E-state index contributed by atoms with van der Waals surface area (Å²) < 4.78 is 5.91. The van der Waals surface area contributed by atoms with Gasteiger partial charge in [0.2, 0.25) is 0 Å². The minimum atomic E-state index is -0.171.